The average molecular weight is 267 g/mol. The number of carbonyl (C=O) groups excluding carboxylic acids is 1. The van der Waals surface area contributed by atoms with Crippen LogP contribution in [0.3, 0.4) is 0 Å². The van der Waals surface area contributed by atoms with E-state index in [2.05, 4.69) is 17.1 Å². The Morgan fingerprint density at radius 2 is 2.00 bits per heavy atom. The Balaban J connectivity index is 1.74. The molecule has 0 aromatic rings. The molecular weight excluding hydrogens is 238 g/mol. The smallest absolute Gasteiger partial charge is 0.223 e. The second kappa shape index (κ2) is 7.25. The largest absolute Gasteiger partial charge is 0.353 e. The van der Waals surface area contributed by atoms with Gasteiger partial charge in [-0.3, -0.25) is 4.79 Å². The zero-order valence-corrected chi connectivity index (χ0v) is 12.2. The maximum absolute atomic E-state index is 12.3. The van der Waals surface area contributed by atoms with Crippen LogP contribution in [0, 0.1) is 11.8 Å². The second-order valence-electron chi connectivity index (χ2n) is 6.16. The van der Waals surface area contributed by atoms with Crippen LogP contribution in [-0.2, 0) is 4.79 Å². The van der Waals surface area contributed by atoms with Gasteiger partial charge in [0, 0.05) is 25.0 Å². The monoisotopic (exact) mass is 267 g/mol. The number of amides is 1. The SMILES string of the molecule is CCCN1CCC(NC(=O)[C@@H]2CCC[C@@H]2CN)CC1. The van der Waals surface area contributed by atoms with Crippen molar-refractivity contribution in [2.24, 2.45) is 17.6 Å². The number of hydrogen-bond acceptors (Lipinski definition) is 3. The fraction of sp³-hybridized carbons (Fsp3) is 0.933. The van der Waals surface area contributed by atoms with Crippen molar-refractivity contribution in [3.63, 3.8) is 0 Å². The second-order valence-corrected chi connectivity index (χ2v) is 6.16. The molecule has 1 amide bonds. The van der Waals surface area contributed by atoms with Crippen molar-refractivity contribution in [1.82, 2.24) is 10.2 Å². The lowest BCUT2D eigenvalue weighted by molar-refractivity contribution is -0.127. The van der Waals surface area contributed by atoms with Gasteiger partial charge in [-0.1, -0.05) is 13.3 Å². The van der Waals surface area contributed by atoms with E-state index in [1.807, 2.05) is 0 Å². The third-order valence-electron chi connectivity index (χ3n) is 4.77. The van der Waals surface area contributed by atoms with Crippen molar-refractivity contribution in [2.45, 2.75) is 51.5 Å². The van der Waals surface area contributed by atoms with E-state index in [0.717, 1.165) is 45.2 Å². The Morgan fingerprint density at radius 1 is 1.26 bits per heavy atom. The number of nitrogens with zero attached hydrogens (tertiary/aromatic N) is 1. The van der Waals surface area contributed by atoms with Gasteiger partial charge in [-0.25, -0.2) is 0 Å². The van der Waals surface area contributed by atoms with Gasteiger partial charge in [0.25, 0.3) is 0 Å². The topological polar surface area (TPSA) is 58.4 Å². The van der Waals surface area contributed by atoms with Crippen LogP contribution in [0.2, 0.25) is 0 Å². The van der Waals surface area contributed by atoms with E-state index in [-0.39, 0.29) is 11.8 Å². The van der Waals surface area contributed by atoms with Crippen molar-refractivity contribution in [2.75, 3.05) is 26.2 Å². The third kappa shape index (κ3) is 3.93. The first-order chi connectivity index (χ1) is 9.24. The van der Waals surface area contributed by atoms with E-state index in [4.69, 9.17) is 5.73 Å². The van der Waals surface area contributed by atoms with Crippen LogP contribution < -0.4 is 11.1 Å². The summed E-state index contributed by atoms with van der Waals surface area (Å²) < 4.78 is 0. The number of nitrogens with one attached hydrogen (secondary N) is 1. The highest BCUT2D eigenvalue weighted by Gasteiger charge is 2.33. The van der Waals surface area contributed by atoms with Crippen LogP contribution >= 0.6 is 0 Å². The molecule has 0 radical (unpaired) electrons. The molecule has 1 aliphatic carbocycles. The third-order valence-corrected chi connectivity index (χ3v) is 4.77. The van der Waals surface area contributed by atoms with Crippen molar-refractivity contribution >= 4 is 5.91 Å². The summed E-state index contributed by atoms with van der Waals surface area (Å²) in [7, 11) is 0. The van der Waals surface area contributed by atoms with Crippen LogP contribution in [0.1, 0.15) is 45.4 Å². The summed E-state index contributed by atoms with van der Waals surface area (Å²) in [6.45, 7) is 6.33. The van der Waals surface area contributed by atoms with Gasteiger partial charge in [-0.15, -0.1) is 0 Å². The molecule has 2 rings (SSSR count). The molecule has 2 atom stereocenters. The molecule has 1 heterocycles. The van der Waals surface area contributed by atoms with Gasteiger partial charge in [0.2, 0.25) is 5.91 Å². The van der Waals surface area contributed by atoms with E-state index >= 15 is 0 Å². The molecule has 0 unspecified atom stereocenters. The van der Waals surface area contributed by atoms with Gasteiger partial charge in [0.15, 0.2) is 0 Å². The number of likely N-dealkylation sites (tertiary alicyclic amines) is 1. The maximum atomic E-state index is 12.3. The number of hydrogen-bond donors (Lipinski definition) is 2. The lowest BCUT2D eigenvalue weighted by Crippen LogP contribution is -2.47. The lowest BCUT2D eigenvalue weighted by Gasteiger charge is -2.33. The van der Waals surface area contributed by atoms with Crippen molar-refractivity contribution in [1.29, 1.82) is 0 Å². The molecule has 1 aliphatic heterocycles. The van der Waals surface area contributed by atoms with Gasteiger partial charge >= 0.3 is 0 Å². The first-order valence-electron chi connectivity index (χ1n) is 7.97. The zero-order valence-electron chi connectivity index (χ0n) is 12.2. The minimum Gasteiger partial charge on any atom is -0.353 e. The summed E-state index contributed by atoms with van der Waals surface area (Å²) in [5.74, 6) is 0.862. The van der Waals surface area contributed by atoms with Crippen LogP contribution in [0.5, 0.6) is 0 Å². The fourth-order valence-electron chi connectivity index (χ4n) is 3.59. The van der Waals surface area contributed by atoms with Gasteiger partial charge in [-0.2, -0.15) is 0 Å². The van der Waals surface area contributed by atoms with E-state index < -0.39 is 0 Å². The molecule has 4 nitrogen and oxygen atoms in total. The zero-order chi connectivity index (χ0) is 13.7. The Hall–Kier alpha value is -0.610. The first-order valence-corrected chi connectivity index (χ1v) is 7.97. The van der Waals surface area contributed by atoms with Gasteiger partial charge < -0.3 is 16.0 Å². The summed E-state index contributed by atoms with van der Waals surface area (Å²) in [4.78, 5) is 14.8. The summed E-state index contributed by atoms with van der Waals surface area (Å²) in [6, 6.07) is 0.389. The van der Waals surface area contributed by atoms with Crippen LogP contribution in [-0.4, -0.2) is 43.0 Å². The number of piperidine rings is 1. The number of carbonyl (C=O) groups is 1. The molecule has 3 N–H and O–H groups in total. The number of nitrogens with two attached hydrogens (primary N) is 1. The predicted octanol–water partition coefficient (Wildman–Crippen LogP) is 1.35. The van der Waals surface area contributed by atoms with Crippen molar-refractivity contribution in [3.05, 3.63) is 0 Å². The summed E-state index contributed by atoms with van der Waals surface area (Å²) >= 11 is 0. The van der Waals surface area contributed by atoms with E-state index in [9.17, 15) is 4.79 Å². The molecule has 0 spiro atoms. The Morgan fingerprint density at radius 3 is 2.63 bits per heavy atom. The molecule has 0 aromatic heterocycles. The Kier molecular flexibility index (Phi) is 5.64. The van der Waals surface area contributed by atoms with Gasteiger partial charge in [0.1, 0.15) is 0 Å². The van der Waals surface area contributed by atoms with Gasteiger partial charge in [0.05, 0.1) is 0 Å². The average Bonchev–Trinajstić information content (AvgIpc) is 2.90. The standard InChI is InChI=1S/C15H29N3O/c1-2-8-18-9-6-13(7-10-18)17-15(19)14-5-3-4-12(14)11-16/h12-14H,2-11,16H2,1H3,(H,17,19)/t12-,14-/m1/s1. The minimum atomic E-state index is 0.179. The van der Waals surface area contributed by atoms with E-state index in [1.165, 1.54) is 13.0 Å². The van der Waals surface area contributed by atoms with E-state index in [1.54, 1.807) is 0 Å². The minimum absolute atomic E-state index is 0.179. The summed E-state index contributed by atoms with van der Waals surface area (Å²) in [5, 5.41) is 3.27. The summed E-state index contributed by atoms with van der Waals surface area (Å²) in [5.41, 5.74) is 5.76. The number of rotatable bonds is 5. The highest BCUT2D eigenvalue weighted by molar-refractivity contribution is 5.79. The van der Waals surface area contributed by atoms with E-state index in [0.29, 0.717) is 18.5 Å². The predicted molar refractivity (Wildman–Crippen MR) is 77.8 cm³/mol. The van der Waals surface area contributed by atoms with Crippen LogP contribution in [0.25, 0.3) is 0 Å². The molecule has 1 saturated heterocycles. The highest BCUT2D eigenvalue weighted by Crippen LogP contribution is 2.31. The molecule has 2 aliphatic rings. The fourth-order valence-corrected chi connectivity index (χ4v) is 3.59. The summed E-state index contributed by atoms with van der Waals surface area (Å²) in [6.07, 6.45) is 6.75. The quantitative estimate of drug-likeness (QED) is 0.790. The Labute approximate surface area is 117 Å². The molecular formula is C15H29N3O. The molecule has 2 fully saturated rings. The van der Waals surface area contributed by atoms with Gasteiger partial charge in [-0.05, 0) is 51.1 Å². The Bertz CT molecular complexity index is 287. The molecule has 0 aromatic carbocycles. The molecule has 0 bridgehead atoms. The van der Waals surface area contributed by atoms with Crippen molar-refractivity contribution < 1.29 is 4.79 Å². The van der Waals surface area contributed by atoms with Crippen molar-refractivity contribution in [3.8, 4) is 0 Å². The normalized spacial score (nSPS) is 29.6. The lowest BCUT2D eigenvalue weighted by atomic mass is 9.94. The highest BCUT2D eigenvalue weighted by atomic mass is 16.2. The first kappa shape index (κ1) is 14.8. The maximum Gasteiger partial charge on any atom is 0.223 e. The molecule has 19 heavy (non-hydrogen) atoms. The van der Waals surface area contributed by atoms with Crippen LogP contribution in [0.4, 0.5) is 0 Å². The molecule has 1 saturated carbocycles. The molecule has 4 heteroatoms. The van der Waals surface area contributed by atoms with Crippen LogP contribution in [0.15, 0.2) is 0 Å². The molecule has 110 valence electrons.